The third kappa shape index (κ3) is 5.16. The molecule has 0 radical (unpaired) electrons. The Morgan fingerprint density at radius 3 is 2.26 bits per heavy atom. The van der Waals surface area contributed by atoms with E-state index in [1.54, 1.807) is 30.5 Å². The lowest BCUT2D eigenvalue weighted by molar-refractivity contribution is -0.113. The van der Waals surface area contributed by atoms with Crippen molar-refractivity contribution in [1.29, 1.82) is 0 Å². The molecule has 4 aromatic rings. The molecule has 4 nitrogen and oxygen atoms in total. The number of methoxy groups -OCH3 is 1. The van der Waals surface area contributed by atoms with Crippen molar-refractivity contribution in [2.24, 2.45) is 0 Å². The zero-order valence-corrected chi connectivity index (χ0v) is 20.4. The second kappa shape index (κ2) is 10.5. The SMILES string of the molecule is COc1ncc(-c2ccc(Br)cc2)cc1C(c1ccccc1)C(O)(CC=O)c1cc(F)cc(F)c1. The van der Waals surface area contributed by atoms with Gasteiger partial charge in [-0.15, -0.1) is 0 Å². The molecule has 7 heteroatoms. The van der Waals surface area contributed by atoms with E-state index in [2.05, 4.69) is 20.9 Å². The number of nitrogens with zero attached hydrogens (tertiary/aromatic N) is 1. The molecule has 35 heavy (non-hydrogen) atoms. The van der Waals surface area contributed by atoms with Crippen LogP contribution in [0.4, 0.5) is 8.78 Å². The number of hydrogen-bond acceptors (Lipinski definition) is 4. The van der Waals surface area contributed by atoms with Crippen molar-refractivity contribution in [2.45, 2.75) is 17.9 Å². The van der Waals surface area contributed by atoms with Gasteiger partial charge in [-0.05, 0) is 47.0 Å². The molecule has 0 bridgehead atoms. The zero-order chi connectivity index (χ0) is 25.0. The molecule has 0 spiro atoms. The third-order valence-electron chi connectivity index (χ3n) is 5.93. The molecule has 2 atom stereocenters. The van der Waals surface area contributed by atoms with E-state index in [9.17, 15) is 18.7 Å². The Bertz CT molecular complexity index is 1310. The maximum atomic E-state index is 14.3. The second-order valence-corrected chi connectivity index (χ2v) is 9.04. The third-order valence-corrected chi connectivity index (χ3v) is 6.46. The van der Waals surface area contributed by atoms with Crippen molar-refractivity contribution < 1.29 is 23.4 Å². The highest BCUT2D eigenvalue weighted by Crippen LogP contribution is 2.47. The van der Waals surface area contributed by atoms with E-state index in [0.29, 0.717) is 17.4 Å². The average molecular weight is 538 g/mol. The fourth-order valence-corrected chi connectivity index (χ4v) is 4.60. The van der Waals surface area contributed by atoms with Crippen LogP contribution in [0, 0.1) is 11.6 Å². The molecule has 3 aromatic carbocycles. The summed E-state index contributed by atoms with van der Waals surface area (Å²) in [4.78, 5) is 16.3. The molecule has 0 aliphatic rings. The predicted molar refractivity (Wildman–Crippen MR) is 133 cm³/mol. The van der Waals surface area contributed by atoms with E-state index in [1.165, 1.54) is 7.11 Å². The minimum Gasteiger partial charge on any atom is -0.481 e. The van der Waals surface area contributed by atoms with Gasteiger partial charge in [-0.3, -0.25) is 0 Å². The van der Waals surface area contributed by atoms with Gasteiger partial charge in [-0.25, -0.2) is 13.8 Å². The zero-order valence-electron chi connectivity index (χ0n) is 18.8. The van der Waals surface area contributed by atoms with Crippen LogP contribution < -0.4 is 4.74 Å². The molecule has 1 heterocycles. The second-order valence-electron chi connectivity index (χ2n) is 8.13. The first-order valence-electron chi connectivity index (χ1n) is 10.8. The molecular formula is C28H22BrF2NO3. The van der Waals surface area contributed by atoms with Gasteiger partial charge in [-0.2, -0.15) is 0 Å². The Hall–Kier alpha value is -3.42. The first-order valence-corrected chi connectivity index (χ1v) is 11.6. The summed E-state index contributed by atoms with van der Waals surface area (Å²) in [6, 6.07) is 21.2. The van der Waals surface area contributed by atoms with Crippen molar-refractivity contribution in [3.8, 4) is 17.0 Å². The number of hydrogen-bond donors (Lipinski definition) is 1. The molecule has 0 amide bonds. The average Bonchev–Trinajstić information content (AvgIpc) is 2.85. The molecular weight excluding hydrogens is 516 g/mol. The minimum atomic E-state index is -2.00. The number of carbonyl (C=O) groups excluding carboxylic acids is 1. The van der Waals surface area contributed by atoms with Crippen LogP contribution in [0.2, 0.25) is 0 Å². The number of rotatable bonds is 8. The topological polar surface area (TPSA) is 59.4 Å². The fraction of sp³-hybridized carbons (Fsp3) is 0.143. The van der Waals surface area contributed by atoms with Gasteiger partial charge in [0.05, 0.1) is 7.11 Å². The van der Waals surface area contributed by atoms with Crippen LogP contribution in [0.15, 0.2) is 89.5 Å². The lowest BCUT2D eigenvalue weighted by atomic mass is 9.72. The van der Waals surface area contributed by atoms with Gasteiger partial charge in [0, 0.05) is 40.2 Å². The highest BCUT2D eigenvalue weighted by Gasteiger charge is 2.42. The Kier molecular flexibility index (Phi) is 7.38. The summed E-state index contributed by atoms with van der Waals surface area (Å²) in [7, 11) is 1.45. The van der Waals surface area contributed by atoms with Crippen molar-refractivity contribution >= 4 is 22.2 Å². The van der Waals surface area contributed by atoms with Crippen LogP contribution in [0.25, 0.3) is 11.1 Å². The summed E-state index contributed by atoms with van der Waals surface area (Å²) in [5, 5.41) is 12.1. The maximum Gasteiger partial charge on any atom is 0.217 e. The van der Waals surface area contributed by atoms with E-state index in [0.717, 1.165) is 33.8 Å². The van der Waals surface area contributed by atoms with Crippen molar-refractivity contribution in [1.82, 2.24) is 4.98 Å². The number of halogens is 3. The number of aliphatic hydroxyl groups is 1. The number of aldehydes is 1. The van der Waals surface area contributed by atoms with Gasteiger partial charge in [0.25, 0.3) is 0 Å². The number of aromatic nitrogens is 1. The standard InChI is InChI=1S/C28H22BrF2NO3/c1-35-27-25(13-20(17-32-27)18-7-9-22(29)10-8-18)26(19-5-3-2-4-6-19)28(34,11-12-33)21-14-23(30)16-24(31)15-21/h2-10,12-17,26,34H,11H2,1H3. The highest BCUT2D eigenvalue weighted by atomic mass is 79.9. The number of benzene rings is 3. The number of ether oxygens (including phenoxy) is 1. The Morgan fingerprint density at radius 2 is 1.66 bits per heavy atom. The fourth-order valence-electron chi connectivity index (χ4n) is 4.34. The van der Waals surface area contributed by atoms with Gasteiger partial charge < -0.3 is 14.6 Å². The molecule has 178 valence electrons. The van der Waals surface area contributed by atoms with E-state index < -0.39 is 29.6 Å². The first kappa shape index (κ1) is 24.7. The normalized spacial score (nSPS) is 13.6. The lowest BCUT2D eigenvalue weighted by Gasteiger charge is -2.37. The van der Waals surface area contributed by atoms with Crippen molar-refractivity contribution in [3.05, 3.63) is 118 Å². The smallest absolute Gasteiger partial charge is 0.217 e. The largest absolute Gasteiger partial charge is 0.481 e. The quantitative estimate of drug-likeness (QED) is 0.264. The van der Waals surface area contributed by atoms with E-state index >= 15 is 0 Å². The molecule has 0 aliphatic carbocycles. The van der Waals surface area contributed by atoms with Crippen LogP contribution in [0.3, 0.4) is 0 Å². The summed E-state index contributed by atoms with van der Waals surface area (Å²) >= 11 is 3.43. The van der Waals surface area contributed by atoms with E-state index in [1.807, 2.05) is 36.4 Å². The van der Waals surface area contributed by atoms with Crippen molar-refractivity contribution in [2.75, 3.05) is 7.11 Å². The molecule has 1 aromatic heterocycles. The summed E-state index contributed by atoms with van der Waals surface area (Å²) < 4.78 is 35.0. The Labute approximate surface area is 210 Å². The predicted octanol–water partition coefficient (Wildman–Crippen LogP) is 6.41. The van der Waals surface area contributed by atoms with Gasteiger partial charge in [-0.1, -0.05) is 58.4 Å². The van der Waals surface area contributed by atoms with Crippen LogP contribution in [-0.4, -0.2) is 23.5 Å². The number of pyridine rings is 1. The lowest BCUT2D eigenvalue weighted by Crippen LogP contribution is -2.35. The van der Waals surface area contributed by atoms with Crippen LogP contribution in [0.1, 0.15) is 29.0 Å². The molecule has 2 unspecified atom stereocenters. The maximum absolute atomic E-state index is 14.3. The summed E-state index contributed by atoms with van der Waals surface area (Å²) in [6.45, 7) is 0. The Morgan fingerprint density at radius 1 is 1.00 bits per heavy atom. The highest BCUT2D eigenvalue weighted by molar-refractivity contribution is 9.10. The Balaban J connectivity index is 2.00. The first-order chi connectivity index (χ1) is 16.9. The van der Waals surface area contributed by atoms with Gasteiger partial charge in [0.15, 0.2) is 0 Å². The monoisotopic (exact) mass is 537 g/mol. The molecule has 0 saturated heterocycles. The van der Waals surface area contributed by atoms with Gasteiger partial charge in [0.2, 0.25) is 5.88 Å². The van der Waals surface area contributed by atoms with Gasteiger partial charge >= 0.3 is 0 Å². The van der Waals surface area contributed by atoms with Crippen LogP contribution >= 0.6 is 15.9 Å². The molecule has 0 saturated carbocycles. The van der Waals surface area contributed by atoms with Crippen LogP contribution in [-0.2, 0) is 10.4 Å². The summed E-state index contributed by atoms with van der Waals surface area (Å²) in [6.07, 6.45) is 1.77. The molecule has 1 N–H and O–H groups in total. The van der Waals surface area contributed by atoms with Crippen molar-refractivity contribution in [3.63, 3.8) is 0 Å². The molecule has 0 fully saturated rings. The molecule has 4 rings (SSSR count). The minimum absolute atomic E-state index is 0.0629. The molecule has 0 aliphatic heterocycles. The van der Waals surface area contributed by atoms with E-state index in [4.69, 9.17) is 4.74 Å². The van der Waals surface area contributed by atoms with Crippen LogP contribution in [0.5, 0.6) is 5.88 Å². The van der Waals surface area contributed by atoms with E-state index in [-0.39, 0.29) is 11.4 Å². The summed E-state index contributed by atoms with van der Waals surface area (Å²) in [5.41, 5.74) is 0.634. The van der Waals surface area contributed by atoms with Gasteiger partial charge in [0.1, 0.15) is 23.5 Å². The number of carbonyl (C=O) groups is 1. The summed E-state index contributed by atoms with van der Waals surface area (Å²) in [5.74, 6) is -2.43.